The first kappa shape index (κ1) is 12.6. The van der Waals surface area contributed by atoms with Crippen LogP contribution in [0.25, 0.3) is 10.4 Å². The summed E-state index contributed by atoms with van der Waals surface area (Å²) in [4.78, 5) is 2.86. The molecule has 1 nitrogen and oxygen atoms in total. The minimum absolute atomic E-state index is 0.563. The number of rotatable bonds is 4. The lowest BCUT2D eigenvalue weighted by molar-refractivity contribution is 0.537. The van der Waals surface area contributed by atoms with Crippen LogP contribution in [0.2, 0.25) is 0 Å². The molecule has 1 heterocycles. The van der Waals surface area contributed by atoms with Crippen LogP contribution in [0, 0.1) is 9.49 Å². The highest BCUT2D eigenvalue weighted by molar-refractivity contribution is 14.1. The second kappa shape index (κ2) is 5.31. The van der Waals surface area contributed by atoms with E-state index in [0.29, 0.717) is 6.04 Å². The molecular weight excluding hydrogens is 353 g/mol. The van der Waals surface area contributed by atoms with Gasteiger partial charge in [0, 0.05) is 19.4 Å². The van der Waals surface area contributed by atoms with Gasteiger partial charge in [0.15, 0.2) is 0 Å². The summed E-state index contributed by atoms with van der Waals surface area (Å²) in [5, 5.41) is 3.46. The maximum atomic E-state index is 3.46. The van der Waals surface area contributed by atoms with Gasteiger partial charge in [-0.1, -0.05) is 12.1 Å². The van der Waals surface area contributed by atoms with Gasteiger partial charge in [0.2, 0.25) is 0 Å². The highest BCUT2D eigenvalue weighted by Crippen LogP contribution is 2.44. The molecule has 1 aromatic heterocycles. The van der Waals surface area contributed by atoms with Gasteiger partial charge in [0.05, 0.1) is 0 Å². The number of nitrogens with one attached hydrogen (secondary N) is 1. The summed E-state index contributed by atoms with van der Waals surface area (Å²) in [6.07, 6.45) is 2.75. The lowest BCUT2D eigenvalue weighted by Gasteiger charge is -2.12. The third-order valence-electron chi connectivity index (χ3n) is 3.47. The lowest BCUT2D eigenvalue weighted by atomic mass is 10.1. The van der Waals surface area contributed by atoms with E-state index in [-0.39, 0.29) is 0 Å². The molecule has 0 bridgehead atoms. The lowest BCUT2D eigenvalue weighted by Crippen LogP contribution is -2.16. The quantitative estimate of drug-likeness (QED) is 0.771. The molecule has 1 unspecified atom stereocenters. The van der Waals surface area contributed by atoms with E-state index in [1.54, 1.807) is 0 Å². The van der Waals surface area contributed by atoms with Crippen LogP contribution in [0.1, 0.15) is 23.8 Å². The Bertz CT molecular complexity index is 528. The molecule has 18 heavy (non-hydrogen) atoms. The minimum Gasteiger partial charge on any atom is -0.312 e. The molecule has 0 saturated heterocycles. The first-order valence-corrected chi connectivity index (χ1v) is 8.20. The Labute approximate surface area is 126 Å². The zero-order valence-corrected chi connectivity index (χ0v) is 13.3. The van der Waals surface area contributed by atoms with Crippen LogP contribution >= 0.6 is 33.9 Å². The highest BCUT2D eigenvalue weighted by Gasteiger charge is 2.32. The minimum atomic E-state index is 0.563. The number of thiophene rings is 1. The third kappa shape index (κ3) is 2.63. The molecule has 1 saturated carbocycles. The van der Waals surface area contributed by atoms with Gasteiger partial charge in [-0.15, -0.1) is 11.3 Å². The number of halogens is 1. The standard InChI is InChI=1S/C15H16INS/c1-17-15(11-2-3-11)14-9-8-13(18-14)10-4-6-12(16)7-5-10/h4-9,11,15,17H,2-3H2,1H3. The van der Waals surface area contributed by atoms with E-state index >= 15 is 0 Å². The van der Waals surface area contributed by atoms with Crippen LogP contribution in [0.4, 0.5) is 0 Å². The summed E-state index contributed by atoms with van der Waals surface area (Å²) in [7, 11) is 2.08. The molecule has 1 aliphatic rings. The second-order valence-corrected chi connectivity index (χ2v) is 7.17. The first-order valence-electron chi connectivity index (χ1n) is 6.31. The maximum Gasteiger partial charge on any atom is 0.0441 e. The molecule has 1 aliphatic carbocycles. The van der Waals surface area contributed by atoms with Gasteiger partial charge in [-0.05, 0) is 78.2 Å². The molecule has 0 amide bonds. The molecule has 0 aliphatic heterocycles. The van der Waals surface area contributed by atoms with E-state index in [4.69, 9.17) is 0 Å². The van der Waals surface area contributed by atoms with Crippen molar-refractivity contribution in [3.05, 3.63) is 44.8 Å². The smallest absolute Gasteiger partial charge is 0.0441 e. The van der Waals surface area contributed by atoms with Gasteiger partial charge in [-0.25, -0.2) is 0 Å². The van der Waals surface area contributed by atoms with Crippen LogP contribution in [-0.2, 0) is 0 Å². The van der Waals surface area contributed by atoms with Crippen LogP contribution in [0.15, 0.2) is 36.4 Å². The molecule has 1 N–H and O–H groups in total. The normalized spacial score (nSPS) is 16.8. The van der Waals surface area contributed by atoms with Gasteiger partial charge in [-0.2, -0.15) is 0 Å². The Morgan fingerprint density at radius 2 is 1.89 bits per heavy atom. The van der Waals surface area contributed by atoms with E-state index in [2.05, 4.69) is 71.4 Å². The number of hydrogen-bond acceptors (Lipinski definition) is 2. The van der Waals surface area contributed by atoms with Crippen LogP contribution in [0.3, 0.4) is 0 Å². The van der Waals surface area contributed by atoms with Crippen molar-refractivity contribution in [1.29, 1.82) is 0 Å². The highest BCUT2D eigenvalue weighted by atomic mass is 127. The number of benzene rings is 1. The van der Waals surface area contributed by atoms with Gasteiger partial charge in [0.25, 0.3) is 0 Å². The molecular formula is C15H16INS. The second-order valence-electron chi connectivity index (χ2n) is 4.81. The average Bonchev–Trinajstić information content (AvgIpc) is 3.09. The largest absolute Gasteiger partial charge is 0.312 e. The van der Waals surface area contributed by atoms with Gasteiger partial charge < -0.3 is 5.32 Å². The zero-order valence-electron chi connectivity index (χ0n) is 10.3. The van der Waals surface area contributed by atoms with E-state index in [1.165, 1.54) is 31.7 Å². The molecule has 0 radical (unpaired) electrons. The van der Waals surface area contributed by atoms with Crippen molar-refractivity contribution in [2.75, 3.05) is 7.05 Å². The SMILES string of the molecule is CNC(c1ccc(-c2ccc(I)cc2)s1)C1CC1. The summed E-state index contributed by atoms with van der Waals surface area (Å²) < 4.78 is 1.29. The topological polar surface area (TPSA) is 12.0 Å². The fraction of sp³-hybridized carbons (Fsp3) is 0.333. The van der Waals surface area contributed by atoms with Crippen molar-refractivity contribution < 1.29 is 0 Å². The van der Waals surface area contributed by atoms with Crippen molar-refractivity contribution in [2.45, 2.75) is 18.9 Å². The van der Waals surface area contributed by atoms with Gasteiger partial charge in [0.1, 0.15) is 0 Å². The fourth-order valence-electron chi connectivity index (χ4n) is 2.33. The van der Waals surface area contributed by atoms with Crippen LogP contribution in [0.5, 0.6) is 0 Å². The molecule has 3 rings (SSSR count). The van der Waals surface area contributed by atoms with Crippen LogP contribution < -0.4 is 5.32 Å². The summed E-state index contributed by atoms with van der Waals surface area (Å²) in [5.41, 5.74) is 1.33. The molecule has 1 atom stereocenters. The predicted molar refractivity (Wildman–Crippen MR) is 87.0 cm³/mol. The summed E-state index contributed by atoms with van der Waals surface area (Å²) in [6, 6.07) is 13.9. The van der Waals surface area contributed by atoms with Crippen molar-refractivity contribution in [1.82, 2.24) is 5.32 Å². The summed E-state index contributed by atoms with van der Waals surface area (Å²) in [6.45, 7) is 0. The monoisotopic (exact) mass is 369 g/mol. The van der Waals surface area contributed by atoms with Gasteiger partial charge >= 0.3 is 0 Å². The number of hydrogen-bond donors (Lipinski definition) is 1. The Morgan fingerprint density at radius 3 is 2.50 bits per heavy atom. The van der Waals surface area contributed by atoms with Gasteiger partial charge in [-0.3, -0.25) is 0 Å². The van der Waals surface area contributed by atoms with Crippen molar-refractivity contribution in [3.63, 3.8) is 0 Å². The van der Waals surface area contributed by atoms with E-state index in [1.807, 2.05) is 11.3 Å². The zero-order chi connectivity index (χ0) is 12.5. The van der Waals surface area contributed by atoms with Crippen LogP contribution in [-0.4, -0.2) is 7.05 Å². The predicted octanol–water partition coefficient (Wildman–Crippen LogP) is 4.69. The maximum absolute atomic E-state index is 3.46. The third-order valence-corrected chi connectivity index (χ3v) is 5.40. The molecule has 0 spiro atoms. The Kier molecular flexibility index (Phi) is 3.73. The Morgan fingerprint density at radius 1 is 1.17 bits per heavy atom. The van der Waals surface area contributed by atoms with Crippen molar-refractivity contribution in [3.8, 4) is 10.4 Å². The Hall–Kier alpha value is -0.390. The van der Waals surface area contributed by atoms with E-state index in [9.17, 15) is 0 Å². The summed E-state index contributed by atoms with van der Waals surface area (Å²) in [5.74, 6) is 0.859. The molecule has 2 aromatic rings. The summed E-state index contributed by atoms with van der Waals surface area (Å²) >= 11 is 4.28. The Balaban J connectivity index is 1.86. The van der Waals surface area contributed by atoms with E-state index < -0.39 is 0 Å². The van der Waals surface area contributed by atoms with Crippen molar-refractivity contribution in [2.24, 2.45) is 5.92 Å². The molecule has 94 valence electrons. The molecule has 3 heteroatoms. The molecule has 1 aromatic carbocycles. The van der Waals surface area contributed by atoms with Crippen molar-refractivity contribution >= 4 is 33.9 Å². The average molecular weight is 369 g/mol. The van der Waals surface area contributed by atoms with E-state index in [0.717, 1.165) is 5.92 Å². The first-order chi connectivity index (χ1) is 8.78. The molecule has 1 fully saturated rings. The fourth-order valence-corrected chi connectivity index (χ4v) is 3.91.